The molecule has 0 amide bonds. The second-order valence-electron chi connectivity index (χ2n) is 3.80. The number of carbonyl (C=O) groups is 2. The summed E-state index contributed by atoms with van der Waals surface area (Å²) in [5, 5.41) is 8.38. The highest BCUT2D eigenvalue weighted by atomic mass is 32.2. The van der Waals surface area contributed by atoms with Crippen LogP contribution in [0.3, 0.4) is 0 Å². The number of hydrogen-bond acceptors (Lipinski definition) is 5. The zero-order valence-corrected chi connectivity index (χ0v) is 11.5. The molecular formula is C13H10F3NO3S. The molecule has 0 spiro atoms. The third-order valence-electron chi connectivity index (χ3n) is 2.29. The average molecular weight is 317 g/mol. The molecule has 1 aromatic rings. The van der Waals surface area contributed by atoms with Crippen molar-refractivity contribution in [3.8, 4) is 6.07 Å². The van der Waals surface area contributed by atoms with Gasteiger partial charge in [-0.25, -0.2) is 4.79 Å². The van der Waals surface area contributed by atoms with Crippen LogP contribution in [0.2, 0.25) is 0 Å². The summed E-state index contributed by atoms with van der Waals surface area (Å²) < 4.78 is 39.7. The summed E-state index contributed by atoms with van der Waals surface area (Å²) in [5.41, 5.74) is 0.418. The highest BCUT2D eigenvalue weighted by Crippen LogP contribution is 2.22. The van der Waals surface area contributed by atoms with Crippen molar-refractivity contribution < 1.29 is 27.5 Å². The van der Waals surface area contributed by atoms with E-state index in [0.717, 1.165) is 11.8 Å². The van der Waals surface area contributed by atoms with E-state index in [1.165, 1.54) is 24.3 Å². The number of ether oxygens (including phenoxy) is 1. The Balaban J connectivity index is 2.47. The van der Waals surface area contributed by atoms with Crippen LogP contribution in [0, 0.1) is 11.3 Å². The maximum atomic E-state index is 11.9. The number of nitriles is 1. The molecule has 0 aromatic heterocycles. The van der Waals surface area contributed by atoms with Gasteiger partial charge >= 0.3 is 12.1 Å². The Morgan fingerprint density at radius 3 is 2.38 bits per heavy atom. The van der Waals surface area contributed by atoms with E-state index in [1.54, 1.807) is 0 Å². The predicted molar refractivity (Wildman–Crippen MR) is 68.5 cm³/mol. The minimum absolute atomic E-state index is 0.117. The molecule has 112 valence electrons. The lowest BCUT2D eigenvalue weighted by Gasteiger charge is -2.07. The fourth-order valence-corrected chi connectivity index (χ4v) is 1.91. The zero-order valence-electron chi connectivity index (χ0n) is 10.6. The molecule has 0 atom stereocenters. The van der Waals surface area contributed by atoms with Crippen LogP contribution in [0.15, 0.2) is 29.2 Å². The first kappa shape index (κ1) is 17.0. The fraction of sp³-hybridized carbons (Fsp3) is 0.308. The van der Waals surface area contributed by atoms with Crippen LogP contribution in [-0.4, -0.2) is 23.9 Å². The van der Waals surface area contributed by atoms with E-state index in [0.29, 0.717) is 10.5 Å². The van der Waals surface area contributed by atoms with E-state index in [2.05, 4.69) is 4.74 Å². The van der Waals surface area contributed by atoms with Crippen LogP contribution in [0.25, 0.3) is 0 Å². The quantitative estimate of drug-likeness (QED) is 0.348. The van der Waals surface area contributed by atoms with Crippen molar-refractivity contribution in [1.29, 1.82) is 5.26 Å². The van der Waals surface area contributed by atoms with Crippen LogP contribution in [0.1, 0.15) is 23.2 Å². The van der Waals surface area contributed by atoms with Gasteiger partial charge in [0.15, 0.2) is 5.78 Å². The van der Waals surface area contributed by atoms with Gasteiger partial charge in [-0.05, 0) is 12.1 Å². The van der Waals surface area contributed by atoms with Crippen molar-refractivity contribution >= 4 is 23.5 Å². The molecule has 0 fully saturated rings. The minimum atomic E-state index is -5.00. The van der Waals surface area contributed by atoms with Crippen LogP contribution in [0.4, 0.5) is 13.2 Å². The molecule has 4 nitrogen and oxygen atoms in total. The highest BCUT2D eigenvalue weighted by Gasteiger charge is 2.40. The number of thioether (sulfide) groups is 1. The lowest BCUT2D eigenvalue weighted by molar-refractivity contribution is -0.197. The number of alkyl halides is 3. The lowest BCUT2D eigenvalue weighted by Crippen LogP contribution is -2.25. The molecule has 0 aliphatic rings. The summed E-state index contributed by atoms with van der Waals surface area (Å²) in [6, 6.07) is 7.95. The van der Waals surface area contributed by atoms with Gasteiger partial charge in [0, 0.05) is 23.3 Å². The molecule has 0 unspecified atom stereocenters. The van der Waals surface area contributed by atoms with Gasteiger partial charge in [-0.1, -0.05) is 23.9 Å². The summed E-state index contributed by atoms with van der Waals surface area (Å²) in [6.07, 6.45) is -4.76. The zero-order chi connectivity index (χ0) is 15.9. The molecule has 0 N–H and O–H groups in total. The van der Waals surface area contributed by atoms with Crippen molar-refractivity contribution in [2.75, 3.05) is 5.94 Å². The molecule has 0 saturated carbocycles. The monoisotopic (exact) mass is 317 g/mol. The van der Waals surface area contributed by atoms with E-state index in [9.17, 15) is 22.8 Å². The molecule has 21 heavy (non-hydrogen) atoms. The van der Waals surface area contributed by atoms with Gasteiger partial charge in [0.2, 0.25) is 0 Å². The van der Waals surface area contributed by atoms with Crippen molar-refractivity contribution in [2.45, 2.75) is 23.9 Å². The molecular weight excluding hydrogens is 307 g/mol. The van der Waals surface area contributed by atoms with Gasteiger partial charge in [-0.3, -0.25) is 4.79 Å². The second kappa shape index (κ2) is 7.69. The van der Waals surface area contributed by atoms with E-state index in [1.807, 2.05) is 6.07 Å². The summed E-state index contributed by atoms with van der Waals surface area (Å²) in [4.78, 5) is 22.6. The first-order chi connectivity index (χ1) is 9.84. The largest absolute Gasteiger partial charge is 0.490 e. The van der Waals surface area contributed by atoms with Gasteiger partial charge in [-0.15, -0.1) is 0 Å². The van der Waals surface area contributed by atoms with Gasteiger partial charge in [0.1, 0.15) is 5.94 Å². The molecule has 0 heterocycles. The van der Waals surface area contributed by atoms with Crippen molar-refractivity contribution in [1.82, 2.24) is 0 Å². The Morgan fingerprint density at radius 2 is 1.86 bits per heavy atom. The maximum absolute atomic E-state index is 11.9. The Labute approximate surface area is 122 Å². The van der Waals surface area contributed by atoms with Gasteiger partial charge in [0.25, 0.3) is 0 Å². The summed E-state index contributed by atoms with van der Waals surface area (Å²) in [7, 11) is 0. The molecule has 8 heteroatoms. The predicted octanol–water partition coefficient (Wildman–Crippen LogP) is 3.33. The summed E-state index contributed by atoms with van der Waals surface area (Å²) in [5.74, 6) is -2.89. The lowest BCUT2D eigenvalue weighted by atomic mass is 10.1. The minimum Gasteiger partial charge on any atom is -0.448 e. The van der Waals surface area contributed by atoms with E-state index in [4.69, 9.17) is 5.26 Å². The molecule has 0 bridgehead atoms. The number of nitrogens with zero attached hydrogens (tertiary/aromatic N) is 1. The molecule has 0 aliphatic heterocycles. The summed E-state index contributed by atoms with van der Waals surface area (Å²) in [6.45, 7) is 0. The van der Waals surface area contributed by atoms with Crippen LogP contribution < -0.4 is 0 Å². The average Bonchev–Trinajstić information content (AvgIpc) is 2.44. The molecule has 0 aliphatic carbocycles. The number of carbonyl (C=O) groups excluding carboxylic acids is 2. The van der Waals surface area contributed by atoms with Crippen LogP contribution in [-0.2, 0) is 9.53 Å². The topological polar surface area (TPSA) is 67.2 Å². The normalized spacial score (nSPS) is 10.8. The van der Waals surface area contributed by atoms with E-state index < -0.39 is 18.1 Å². The number of halogens is 3. The van der Waals surface area contributed by atoms with Gasteiger partial charge < -0.3 is 4.74 Å². The first-order valence-electron chi connectivity index (χ1n) is 5.71. The molecule has 1 rings (SSSR count). The third-order valence-corrected chi connectivity index (χ3v) is 3.13. The Morgan fingerprint density at radius 1 is 1.24 bits per heavy atom. The van der Waals surface area contributed by atoms with Crippen molar-refractivity contribution in [2.24, 2.45) is 0 Å². The summed E-state index contributed by atoms with van der Waals surface area (Å²) >= 11 is 0.896. The number of esters is 1. The second-order valence-corrected chi connectivity index (χ2v) is 4.79. The van der Waals surface area contributed by atoms with E-state index >= 15 is 0 Å². The molecule has 1 aromatic carbocycles. The number of Topliss-reactive ketones (excluding diaryl/α,β-unsaturated/α-hetero) is 1. The Bertz CT molecular complexity index is 549. The van der Waals surface area contributed by atoms with E-state index in [-0.39, 0.29) is 18.6 Å². The van der Waals surface area contributed by atoms with Crippen LogP contribution >= 0.6 is 11.8 Å². The standard InChI is InChI=1S/C13H10F3NO3S/c14-13(15,16)12(19)20-8-21-10-5-3-9(4-6-10)11(18)2-1-7-17/h3-6H,1-2,8H2. The molecule has 0 radical (unpaired) electrons. The maximum Gasteiger partial charge on any atom is 0.490 e. The SMILES string of the molecule is N#CCCC(=O)c1ccc(SCOC(=O)C(F)(F)F)cc1. The number of hydrogen-bond donors (Lipinski definition) is 0. The fourth-order valence-electron chi connectivity index (χ4n) is 1.28. The Hall–Kier alpha value is -2.01. The Kier molecular flexibility index (Phi) is 6.24. The van der Waals surface area contributed by atoms with Gasteiger partial charge in [0.05, 0.1) is 6.07 Å². The first-order valence-corrected chi connectivity index (χ1v) is 6.70. The highest BCUT2D eigenvalue weighted by molar-refractivity contribution is 7.99. The number of benzene rings is 1. The van der Waals surface area contributed by atoms with Crippen LogP contribution in [0.5, 0.6) is 0 Å². The number of ketones is 1. The number of rotatable bonds is 6. The van der Waals surface area contributed by atoms with Crippen molar-refractivity contribution in [3.63, 3.8) is 0 Å². The smallest absolute Gasteiger partial charge is 0.448 e. The van der Waals surface area contributed by atoms with Crippen molar-refractivity contribution in [3.05, 3.63) is 29.8 Å². The van der Waals surface area contributed by atoms with Gasteiger partial charge in [-0.2, -0.15) is 18.4 Å². The third kappa shape index (κ3) is 5.87. The molecule has 0 saturated heterocycles.